The lowest BCUT2D eigenvalue weighted by Gasteiger charge is -2.41. The zero-order chi connectivity index (χ0) is 73.4. The Labute approximate surface area is 571 Å². The summed E-state index contributed by atoms with van der Waals surface area (Å²) in [6.07, 6.45) is -1.87. The number of rotatable bonds is 17. The number of amides is 8. The molecule has 1 fully saturated rings. The molecule has 1 aliphatic heterocycles. The van der Waals surface area contributed by atoms with E-state index in [0.717, 1.165) is 4.90 Å². The van der Waals surface area contributed by atoms with Gasteiger partial charge in [0.25, 0.3) is 0 Å². The summed E-state index contributed by atoms with van der Waals surface area (Å²) in [4.78, 5) is 192. The van der Waals surface area contributed by atoms with Crippen molar-refractivity contribution in [2.75, 3.05) is 62.5 Å². The maximum Gasteiger partial charge on any atom is 0.338 e. The zero-order valence-electron chi connectivity index (χ0n) is 62.2. The number of aromatic amines is 1. The lowest BCUT2D eigenvalue weighted by atomic mass is 9.84. The van der Waals surface area contributed by atoms with Crippen LogP contribution in [0.1, 0.15) is 185 Å². The third-order valence-electron chi connectivity index (χ3n) is 18.9. The Kier molecular flexibility index (Phi) is 32.0. The first-order chi connectivity index (χ1) is 44.5. The monoisotopic (exact) mass is 1350 g/mol. The van der Waals surface area contributed by atoms with Gasteiger partial charge in [0, 0.05) is 92.8 Å². The van der Waals surface area contributed by atoms with E-state index in [-0.39, 0.29) is 87.2 Å². The van der Waals surface area contributed by atoms with Crippen LogP contribution in [-0.2, 0) is 63.9 Å². The van der Waals surface area contributed by atoms with Crippen molar-refractivity contribution < 1.29 is 67.4 Å². The number of H-pyrrole nitrogens is 1. The molecular weight excluding hydrogens is 1230 g/mol. The summed E-state index contributed by atoms with van der Waals surface area (Å²) in [6.45, 7) is 29.9. The molecule has 3 rings (SSSR count). The number of aliphatic hydroxyl groups excluding tert-OH is 1. The van der Waals surface area contributed by atoms with Crippen LogP contribution in [0.25, 0.3) is 11.0 Å². The molecule has 0 unspecified atom stereocenters. The van der Waals surface area contributed by atoms with E-state index in [1.54, 1.807) is 73.6 Å². The molecule has 540 valence electrons. The van der Waals surface area contributed by atoms with Crippen LogP contribution in [0, 0.1) is 59.2 Å². The summed E-state index contributed by atoms with van der Waals surface area (Å²) in [6, 6.07) is -3.68. The second kappa shape index (κ2) is 37.0. The molecule has 1 saturated heterocycles. The van der Waals surface area contributed by atoms with Crippen LogP contribution < -0.4 is 5.32 Å². The van der Waals surface area contributed by atoms with Crippen molar-refractivity contribution in [2.45, 2.75) is 224 Å². The summed E-state index contributed by atoms with van der Waals surface area (Å²) in [7, 11) is 10.1. The maximum absolute atomic E-state index is 15.5. The quantitative estimate of drug-likeness (QED) is 0.136. The Bertz CT molecular complexity index is 3050. The van der Waals surface area contributed by atoms with Gasteiger partial charge in [0.2, 0.25) is 47.3 Å². The number of fused-ring (bicyclic) bond motifs is 1. The number of likely N-dealkylation sites (N-methyl/N-ethyl adjacent to an activating group) is 7. The van der Waals surface area contributed by atoms with Gasteiger partial charge >= 0.3 is 5.97 Å². The molecule has 3 N–H and O–H groups in total. The van der Waals surface area contributed by atoms with Gasteiger partial charge < -0.3 is 54.4 Å². The van der Waals surface area contributed by atoms with E-state index in [1.807, 2.05) is 55.4 Å². The highest BCUT2D eigenvalue weighted by atomic mass is 16.5. The molecular formula is C72H118N10O14. The minimum absolute atomic E-state index is 0.0328. The van der Waals surface area contributed by atoms with Gasteiger partial charge in [-0.2, -0.15) is 0 Å². The molecule has 8 amide bonds. The number of imidazole rings is 1. The molecule has 0 aliphatic carbocycles. The van der Waals surface area contributed by atoms with E-state index < -0.39 is 167 Å². The zero-order valence-corrected chi connectivity index (χ0v) is 62.2. The van der Waals surface area contributed by atoms with E-state index in [9.17, 15) is 43.5 Å². The van der Waals surface area contributed by atoms with Crippen LogP contribution in [0.2, 0.25) is 0 Å². The van der Waals surface area contributed by atoms with Crippen molar-refractivity contribution in [2.24, 2.45) is 59.2 Å². The second-order valence-corrected chi connectivity index (χ2v) is 29.6. The number of ether oxygens (including phenoxy) is 1. The summed E-state index contributed by atoms with van der Waals surface area (Å²) in [5.74, 6) is -11.9. The first-order valence-corrected chi connectivity index (χ1v) is 34.6. The van der Waals surface area contributed by atoms with Crippen LogP contribution >= 0.6 is 0 Å². The normalized spacial score (nSPS) is 25.3. The molecule has 0 radical (unpaired) electrons. The summed E-state index contributed by atoms with van der Waals surface area (Å²) < 4.78 is 5.19. The van der Waals surface area contributed by atoms with E-state index in [1.165, 1.54) is 85.7 Å². The number of aromatic nitrogens is 2. The first kappa shape index (κ1) is 83.1. The number of carbonyl (C=O) groups is 12. The minimum atomic E-state index is -1.64. The fourth-order valence-corrected chi connectivity index (χ4v) is 13.0. The first-order valence-electron chi connectivity index (χ1n) is 34.6. The summed E-state index contributed by atoms with van der Waals surface area (Å²) >= 11 is 0. The SMILES string of the molecule is CCOC(=O)c1ccc2nc(C[C@@H](C)[C@@H](O)[C@H]3C(=O)C[C@@H](CC)C(=O)N(C)CC(=O)N(C)[C@@H](CC(C)C)C(=O)C[C@@H](C(C)C)C(=O)N(C)[C@@H](CC(C)C)C(=O)C[C@@H](C)C(=O)N[C@H](C)C(=O)N(C)[C@@H](CC(C)C)C(=O)N(C)[C@@H](CC(C)C)C(=O)N(C)[C@@H](C(C)C)C(=O)N3C)[nH]c2c1. The lowest BCUT2D eigenvalue weighted by molar-refractivity contribution is -0.157. The molecule has 24 heteroatoms. The largest absolute Gasteiger partial charge is 0.462 e. The van der Waals surface area contributed by atoms with E-state index in [2.05, 4.69) is 10.3 Å². The third kappa shape index (κ3) is 21.9. The highest BCUT2D eigenvalue weighted by Crippen LogP contribution is 2.30. The molecule has 2 heterocycles. The van der Waals surface area contributed by atoms with E-state index >= 15 is 19.2 Å². The molecule has 12 atom stereocenters. The van der Waals surface area contributed by atoms with Crippen LogP contribution in [0.3, 0.4) is 0 Å². The number of esters is 1. The fraction of sp³-hybridized carbons (Fsp3) is 0.736. The van der Waals surface area contributed by atoms with E-state index in [0.29, 0.717) is 16.9 Å². The highest BCUT2D eigenvalue weighted by Gasteiger charge is 2.46. The van der Waals surface area contributed by atoms with Gasteiger partial charge in [0.1, 0.15) is 36.0 Å². The Morgan fingerprint density at radius 1 is 0.562 bits per heavy atom. The van der Waals surface area contributed by atoms with Crippen LogP contribution in [0.4, 0.5) is 0 Å². The number of carbonyl (C=O) groups excluding carboxylic acids is 12. The van der Waals surface area contributed by atoms with Gasteiger partial charge in [-0.15, -0.1) is 0 Å². The van der Waals surface area contributed by atoms with Crippen LogP contribution in [-0.4, -0.2) is 231 Å². The average molecular weight is 1350 g/mol. The molecule has 1 aliphatic rings. The predicted octanol–water partition coefficient (Wildman–Crippen LogP) is 6.87. The molecule has 0 bridgehead atoms. The van der Waals surface area contributed by atoms with Gasteiger partial charge in [0.15, 0.2) is 17.3 Å². The van der Waals surface area contributed by atoms with Crippen LogP contribution in [0.15, 0.2) is 18.2 Å². The number of Topliss-reactive ketones (excluding diaryl/α,β-unsaturated/α-hetero) is 3. The summed E-state index contributed by atoms with van der Waals surface area (Å²) in [5, 5.41) is 15.4. The number of hydrogen-bond donors (Lipinski definition) is 3. The van der Waals surface area contributed by atoms with Gasteiger partial charge in [-0.3, -0.25) is 52.7 Å². The molecule has 0 spiro atoms. The molecule has 1 aromatic carbocycles. The van der Waals surface area contributed by atoms with Gasteiger partial charge in [-0.1, -0.05) is 104 Å². The molecule has 0 saturated carbocycles. The third-order valence-corrected chi connectivity index (χ3v) is 18.9. The molecule has 24 nitrogen and oxygen atoms in total. The molecule has 2 aromatic rings. The van der Waals surface area contributed by atoms with Crippen molar-refractivity contribution >= 4 is 81.6 Å². The Balaban J connectivity index is 2.33. The second-order valence-electron chi connectivity index (χ2n) is 29.6. The minimum Gasteiger partial charge on any atom is -0.462 e. The van der Waals surface area contributed by atoms with Crippen molar-refractivity contribution in [1.82, 2.24) is 49.6 Å². The number of nitrogens with zero attached hydrogens (tertiary/aromatic N) is 8. The van der Waals surface area contributed by atoms with Crippen molar-refractivity contribution in [3.63, 3.8) is 0 Å². The van der Waals surface area contributed by atoms with Crippen molar-refractivity contribution in [3.05, 3.63) is 29.6 Å². The Hall–Kier alpha value is -7.11. The fourth-order valence-electron chi connectivity index (χ4n) is 13.0. The number of aliphatic hydroxyl groups is 1. The highest BCUT2D eigenvalue weighted by molar-refractivity contribution is 6.00. The van der Waals surface area contributed by atoms with Gasteiger partial charge in [0.05, 0.1) is 47.9 Å². The number of benzene rings is 1. The number of ketones is 3. The Morgan fingerprint density at radius 3 is 1.54 bits per heavy atom. The number of nitrogens with one attached hydrogen (secondary N) is 2. The number of hydrogen-bond acceptors (Lipinski definition) is 15. The van der Waals surface area contributed by atoms with Crippen LogP contribution in [0.5, 0.6) is 0 Å². The van der Waals surface area contributed by atoms with Crippen molar-refractivity contribution in [3.8, 4) is 0 Å². The average Bonchev–Trinajstić information content (AvgIpc) is 0.888. The molecule has 96 heavy (non-hydrogen) atoms. The van der Waals surface area contributed by atoms with Crippen molar-refractivity contribution in [1.29, 1.82) is 0 Å². The topological polar surface area (TPSA) is 298 Å². The van der Waals surface area contributed by atoms with Gasteiger partial charge in [-0.05, 0) is 106 Å². The van der Waals surface area contributed by atoms with E-state index in [4.69, 9.17) is 9.72 Å². The lowest BCUT2D eigenvalue weighted by Crippen LogP contribution is -2.62. The van der Waals surface area contributed by atoms with Gasteiger partial charge in [-0.25, -0.2) is 9.78 Å². The Morgan fingerprint density at radius 2 is 1.04 bits per heavy atom. The summed E-state index contributed by atoms with van der Waals surface area (Å²) in [5.41, 5.74) is 1.31. The predicted molar refractivity (Wildman–Crippen MR) is 368 cm³/mol. The maximum atomic E-state index is 15.5. The standard InChI is InChI=1S/C72H118N10O14/c1-25-48-36-59(85)63(64(87)45(15)34-60-74-51-28-27-49(35-52(51)75-60)72(95)96-26-2)82(24)71(94)62(44(13)14)81(23)70(93)56(32-42(9)10)80(22)69(92)55(31-41(7)8)79(21)66(89)47(17)73-65(88)46(16)33-57(83)54(30-40(5)6)78(20)68(91)50(43(11)12)37-58(84)53(29-39(3)4)77(19)61(86)38-76(18)67(48)90/h27-28,35,39-48,50,53-56,62-64,87H,25-26,29-34,36-38H2,1-24H3,(H,73,88)(H,74,75)/t45-,46-,47-,48-,50+,53+,54+,55+,56+,62+,63-,64-/m1/s1. The molecule has 1 aromatic heterocycles. The smallest absolute Gasteiger partial charge is 0.338 e.